The Morgan fingerprint density at radius 1 is 1.47 bits per heavy atom. The van der Waals surface area contributed by atoms with Crippen LogP contribution in [0, 0.1) is 0 Å². The van der Waals surface area contributed by atoms with E-state index in [1.807, 2.05) is 6.92 Å². The molecule has 1 aromatic heterocycles. The zero-order valence-corrected chi connectivity index (χ0v) is 10.5. The van der Waals surface area contributed by atoms with E-state index in [2.05, 4.69) is 22.2 Å². The maximum absolute atomic E-state index is 6.00. The zero-order chi connectivity index (χ0) is 12.3. The molecule has 2 rings (SSSR count). The number of aromatic nitrogens is 2. The molecule has 1 aliphatic carbocycles. The second-order valence-electron chi connectivity index (χ2n) is 4.83. The summed E-state index contributed by atoms with van der Waals surface area (Å²) in [6.07, 6.45) is 5.99. The third-order valence-electron chi connectivity index (χ3n) is 3.17. The maximum atomic E-state index is 6.00. The number of nitrogen functional groups attached to an aromatic ring is 1. The summed E-state index contributed by atoms with van der Waals surface area (Å²) in [6, 6.07) is 0. The highest BCUT2D eigenvalue weighted by molar-refractivity contribution is 5.67. The van der Waals surface area contributed by atoms with Gasteiger partial charge < -0.3 is 15.8 Å². The quantitative estimate of drug-likeness (QED) is 0.820. The molecule has 1 fully saturated rings. The Kier molecular flexibility index (Phi) is 3.36. The Morgan fingerprint density at radius 2 is 2.24 bits per heavy atom. The lowest BCUT2D eigenvalue weighted by atomic mass is 9.78. The molecule has 0 amide bonds. The molecule has 1 aliphatic rings. The van der Waals surface area contributed by atoms with E-state index in [4.69, 9.17) is 10.5 Å². The minimum Gasteiger partial charge on any atom is -0.476 e. The number of hydrogen-bond donors (Lipinski definition) is 2. The van der Waals surface area contributed by atoms with Gasteiger partial charge in [-0.15, -0.1) is 0 Å². The summed E-state index contributed by atoms with van der Waals surface area (Å²) in [5, 5.41) is 3.38. The van der Waals surface area contributed by atoms with Gasteiger partial charge in [-0.3, -0.25) is 0 Å². The molecule has 1 heterocycles. The first-order chi connectivity index (χ1) is 8.14. The van der Waals surface area contributed by atoms with Gasteiger partial charge in [-0.05, 0) is 32.6 Å². The SMILES string of the molecule is CCCOc1ncnc(NC2(C)CCC2)c1N. The highest BCUT2D eigenvalue weighted by Gasteiger charge is 2.32. The molecule has 3 N–H and O–H groups in total. The maximum Gasteiger partial charge on any atom is 0.242 e. The zero-order valence-electron chi connectivity index (χ0n) is 10.5. The van der Waals surface area contributed by atoms with Crippen molar-refractivity contribution in [3.8, 4) is 5.88 Å². The molecule has 0 saturated heterocycles. The van der Waals surface area contributed by atoms with Crippen molar-refractivity contribution in [2.45, 2.75) is 45.1 Å². The molecule has 5 nitrogen and oxygen atoms in total. The van der Waals surface area contributed by atoms with Gasteiger partial charge in [0.2, 0.25) is 5.88 Å². The average Bonchev–Trinajstić information content (AvgIpc) is 2.28. The number of rotatable bonds is 5. The van der Waals surface area contributed by atoms with Crippen LogP contribution in [0.25, 0.3) is 0 Å². The van der Waals surface area contributed by atoms with E-state index in [0.29, 0.717) is 24.0 Å². The fourth-order valence-corrected chi connectivity index (χ4v) is 1.91. The first-order valence-corrected chi connectivity index (χ1v) is 6.16. The summed E-state index contributed by atoms with van der Waals surface area (Å²) < 4.78 is 5.48. The second kappa shape index (κ2) is 4.77. The van der Waals surface area contributed by atoms with Crippen molar-refractivity contribution in [1.29, 1.82) is 0 Å². The van der Waals surface area contributed by atoms with Crippen molar-refractivity contribution in [3.05, 3.63) is 6.33 Å². The number of hydrogen-bond acceptors (Lipinski definition) is 5. The molecular weight excluding hydrogens is 216 g/mol. The summed E-state index contributed by atoms with van der Waals surface area (Å²) in [4.78, 5) is 8.24. The molecule has 5 heteroatoms. The number of anilines is 2. The highest BCUT2D eigenvalue weighted by Crippen LogP contribution is 2.36. The second-order valence-corrected chi connectivity index (χ2v) is 4.83. The van der Waals surface area contributed by atoms with Crippen LogP contribution in [0.3, 0.4) is 0 Å². The predicted octanol–water partition coefficient (Wildman–Crippen LogP) is 2.20. The van der Waals surface area contributed by atoms with Gasteiger partial charge in [-0.1, -0.05) is 6.92 Å². The Morgan fingerprint density at radius 3 is 2.82 bits per heavy atom. The molecule has 0 unspecified atom stereocenters. The van der Waals surface area contributed by atoms with E-state index in [1.54, 1.807) is 0 Å². The van der Waals surface area contributed by atoms with Crippen molar-refractivity contribution in [3.63, 3.8) is 0 Å². The van der Waals surface area contributed by atoms with Gasteiger partial charge in [0, 0.05) is 5.54 Å². The molecule has 0 spiro atoms. The normalized spacial score (nSPS) is 17.3. The van der Waals surface area contributed by atoms with Crippen LogP contribution in [0.15, 0.2) is 6.33 Å². The molecule has 1 aromatic rings. The lowest BCUT2D eigenvalue weighted by molar-refractivity contribution is 0.301. The minimum atomic E-state index is 0.129. The van der Waals surface area contributed by atoms with Gasteiger partial charge in [0.1, 0.15) is 12.0 Å². The number of nitrogens with one attached hydrogen (secondary N) is 1. The van der Waals surface area contributed by atoms with Gasteiger partial charge in [0.25, 0.3) is 0 Å². The number of ether oxygens (including phenoxy) is 1. The lowest BCUT2D eigenvalue weighted by Crippen LogP contribution is -2.42. The fourth-order valence-electron chi connectivity index (χ4n) is 1.91. The Hall–Kier alpha value is -1.52. The molecule has 94 valence electrons. The smallest absolute Gasteiger partial charge is 0.242 e. The predicted molar refractivity (Wildman–Crippen MR) is 68.1 cm³/mol. The Balaban J connectivity index is 2.11. The Labute approximate surface area is 102 Å². The first kappa shape index (κ1) is 12.0. The standard InChI is InChI=1S/C12H20N4O/c1-3-7-17-11-9(13)10(14-8-15-11)16-12(2)5-4-6-12/h8H,3-7,13H2,1-2H3,(H,14,15,16). The van der Waals surface area contributed by atoms with Crippen molar-refractivity contribution in [2.75, 3.05) is 17.7 Å². The summed E-state index contributed by atoms with van der Waals surface area (Å²) in [5.41, 5.74) is 6.64. The molecule has 1 saturated carbocycles. The van der Waals surface area contributed by atoms with Gasteiger partial charge in [0.15, 0.2) is 5.82 Å². The summed E-state index contributed by atoms with van der Waals surface area (Å²) >= 11 is 0. The third-order valence-corrected chi connectivity index (χ3v) is 3.17. The molecule has 0 aromatic carbocycles. The third kappa shape index (κ3) is 2.60. The van der Waals surface area contributed by atoms with Crippen LogP contribution in [0.5, 0.6) is 5.88 Å². The van der Waals surface area contributed by atoms with Gasteiger partial charge in [0.05, 0.1) is 6.61 Å². The van der Waals surface area contributed by atoms with E-state index in [-0.39, 0.29) is 5.54 Å². The topological polar surface area (TPSA) is 73.1 Å². The van der Waals surface area contributed by atoms with Crippen LogP contribution >= 0.6 is 0 Å². The van der Waals surface area contributed by atoms with Crippen molar-refractivity contribution < 1.29 is 4.74 Å². The van der Waals surface area contributed by atoms with Crippen LogP contribution in [0.4, 0.5) is 11.5 Å². The van der Waals surface area contributed by atoms with Crippen LogP contribution in [0.1, 0.15) is 39.5 Å². The van der Waals surface area contributed by atoms with Crippen LogP contribution in [-0.4, -0.2) is 22.1 Å². The molecule has 0 atom stereocenters. The van der Waals surface area contributed by atoms with Gasteiger partial charge in [-0.2, -0.15) is 4.98 Å². The van der Waals surface area contributed by atoms with Gasteiger partial charge >= 0.3 is 0 Å². The summed E-state index contributed by atoms with van der Waals surface area (Å²) in [7, 11) is 0. The first-order valence-electron chi connectivity index (χ1n) is 6.16. The van der Waals surface area contributed by atoms with E-state index in [9.17, 15) is 0 Å². The summed E-state index contributed by atoms with van der Waals surface area (Å²) in [5.74, 6) is 1.17. The van der Waals surface area contributed by atoms with Gasteiger partial charge in [-0.25, -0.2) is 4.98 Å². The largest absolute Gasteiger partial charge is 0.476 e. The molecule has 0 bridgehead atoms. The Bertz CT molecular complexity index is 390. The fraction of sp³-hybridized carbons (Fsp3) is 0.667. The van der Waals surface area contributed by atoms with Crippen LogP contribution < -0.4 is 15.8 Å². The van der Waals surface area contributed by atoms with Crippen LogP contribution in [-0.2, 0) is 0 Å². The molecule has 0 aliphatic heterocycles. The monoisotopic (exact) mass is 236 g/mol. The number of nitrogens with zero attached hydrogens (tertiary/aromatic N) is 2. The van der Waals surface area contributed by atoms with Crippen molar-refractivity contribution >= 4 is 11.5 Å². The lowest BCUT2D eigenvalue weighted by Gasteiger charge is -2.39. The van der Waals surface area contributed by atoms with Crippen molar-refractivity contribution in [1.82, 2.24) is 9.97 Å². The highest BCUT2D eigenvalue weighted by atomic mass is 16.5. The summed E-state index contributed by atoms with van der Waals surface area (Å²) in [6.45, 7) is 4.86. The van der Waals surface area contributed by atoms with E-state index < -0.39 is 0 Å². The van der Waals surface area contributed by atoms with E-state index in [1.165, 1.54) is 12.7 Å². The average molecular weight is 236 g/mol. The molecule has 0 radical (unpaired) electrons. The minimum absolute atomic E-state index is 0.129. The number of nitrogens with two attached hydrogens (primary N) is 1. The van der Waals surface area contributed by atoms with Crippen molar-refractivity contribution in [2.24, 2.45) is 0 Å². The van der Waals surface area contributed by atoms with Crippen LogP contribution in [0.2, 0.25) is 0 Å². The van der Waals surface area contributed by atoms with E-state index in [0.717, 1.165) is 19.3 Å². The molecule has 17 heavy (non-hydrogen) atoms. The van der Waals surface area contributed by atoms with E-state index >= 15 is 0 Å². The molecular formula is C12H20N4O.